The van der Waals surface area contributed by atoms with Gasteiger partial charge >= 0.3 is 0 Å². The van der Waals surface area contributed by atoms with Crippen LogP contribution in [0, 0.1) is 0 Å². The van der Waals surface area contributed by atoms with Crippen LogP contribution in [0.5, 0.6) is 5.75 Å². The normalized spacial score (nSPS) is 12.8. The number of hydrogen-bond acceptors (Lipinski definition) is 3. The fourth-order valence-corrected chi connectivity index (χ4v) is 3.13. The first-order chi connectivity index (χ1) is 11.8. The highest BCUT2D eigenvalue weighted by molar-refractivity contribution is 5.78. The topological polar surface area (TPSA) is 41.6 Å². The van der Waals surface area contributed by atoms with Crippen LogP contribution in [0.1, 0.15) is 17.5 Å². The quantitative estimate of drug-likeness (QED) is 0.796. The van der Waals surface area contributed by atoms with Crippen LogP contribution in [0.2, 0.25) is 0 Å². The molecule has 1 amide bonds. The summed E-state index contributed by atoms with van der Waals surface area (Å²) in [6, 6.07) is 16.2. The van der Waals surface area contributed by atoms with E-state index in [1.807, 2.05) is 24.3 Å². The molecule has 0 radical (unpaired) electrons. The van der Waals surface area contributed by atoms with Gasteiger partial charge in [0.2, 0.25) is 5.91 Å². The summed E-state index contributed by atoms with van der Waals surface area (Å²) in [7, 11) is 1.64. The molecule has 3 rings (SSSR count). The largest absolute Gasteiger partial charge is 0.497 e. The molecule has 0 atom stereocenters. The minimum absolute atomic E-state index is 0.0713. The molecule has 2 aromatic carbocycles. The molecular weight excluding hydrogens is 300 g/mol. The van der Waals surface area contributed by atoms with Crippen LogP contribution in [0.25, 0.3) is 0 Å². The average Bonchev–Trinajstić information content (AvgIpc) is 3.03. The first kappa shape index (κ1) is 16.4. The summed E-state index contributed by atoms with van der Waals surface area (Å²) in [5, 5.41) is 3.01. The van der Waals surface area contributed by atoms with Crippen LogP contribution >= 0.6 is 0 Å². The van der Waals surface area contributed by atoms with Gasteiger partial charge in [-0.15, -0.1) is 0 Å². The number of carbonyl (C=O) groups excluding carboxylic acids is 1. The fraction of sp³-hybridized carbons (Fsp3) is 0.350. The lowest BCUT2D eigenvalue weighted by Crippen LogP contribution is -2.30. The number of hydrogen-bond donors (Lipinski definition) is 1. The van der Waals surface area contributed by atoms with Gasteiger partial charge < -0.3 is 15.0 Å². The summed E-state index contributed by atoms with van der Waals surface area (Å²) in [4.78, 5) is 14.4. The summed E-state index contributed by atoms with van der Waals surface area (Å²) in [5.74, 6) is 0.882. The van der Waals surface area contributed by atoms with Crippen molar-refractivity contribution in [3.05, 3.63) is 59.7 Å². The molecule has 0 aromatic heterocycles. The molecule has 4 nitrogen and oxygen atoms in total. The van der Waals surface area contributed by atoms with Crippen LogP contribution < -0.4 is 15.0 Å². The SMILES string of the molecule is COc1ccc(CC(=O)NCCCN2CCc3ccccc32)cc1. The highest BCUT2D eigenvalue weighted by Crippen LogP contribution is 2.27. The van der Waals surface area contributed by atoms with Crippen molar-refractivity contribution in [3.8, 4) is 5.75 Å². The summed E-state index contributed by atoms with van der Waals surface area (Å²) >= 11 is 0. The van der Waals surface area contributed by atoms with Gasteiger partial charge in [0.15, 0.2) is 0 Å². The maximum atomic E-state index is 12.0. The second kappa shape index (κ2) is 7.86. The molecule has 1 aliphatic rings. The number of rotatable bonds is 7. The Balaban J connectivity index is 1.38. The van der Waals surface area contributed by atoms with Gasteiger partial charge in [0, 0.05) is 25.3 Å². The Hall–Kier alpha value is -2.49. The zero-order valence-electron chi connectivity index (χ0n) is 14.1. The number of fused-ring (bicyclic) bond motifs is 1. The minimum Gasteiger partial charge on any atom is -0.497 e. The number of amides is 1. The molecular formula is C20H24N2O2. The van der Waals surface area contributed by atoms with Gasteiger partial charge in [-0.25, -0.2) is 0 Å². The van der Waals surface area contributed by atoms with Gasteiger partial charge in [-0.1, -0.05) is 30.3 Å². The smallest absolute Gasteiger partial charge is 0.224 e. The first-order valence-corrected chi connectivity index (χ1v) is 8.49. The molecule has 1 N–H and O–H groups in total. The fourth-order valence-electron chi connectivity index (χ4n) is 3.13. The third kappa shape index (κ3) is 4.07. The predicted molar refractivity (Wildman–Crippen MR) is 96.7 cm³/mol. The number of methoxy groups -OCH3 is 1. The van der Waals surface area contributed by atoms with Crippen molar-refractivity contribution in [2.75, 3.05) is 31.6 Å². The molecule has 1 aliphatic heterocycles. The third-order valence-corrected chi connectivity index (χ3v) is 4.43. The molecule has 0 aliphatic carbocycles. The Morgan fingerprint density at radius 3 is 2.75 bits per heavy atom. The number of carbonyl (C=O) groups is 1. The van der Waals surface area contributed by atoms with E-state index in [1.165, 1.54) is 11.3 Å². The van der Waals surface area contributed by atoms with E-state index in [4.69, 9.17) is 4.74 Å². The third-order valence-electron chi connectivity index (χ3n) is 4.43. The van der Waals surface area contributed by atoms with Gasteiger partial charge in [0.25, 0.3) is 0 Å². The molecule has 2 aromatic rings. The first-order valence-electron chi connectivity index (χ1n) is 8.49. The second-order valence-corrected chi connectivity index (χ2v) is 6.09. The van der Waals surface area contributed by atoms with Crippen molar-refractivity contribution in [2.45, 2.75) is 19.3 Å². The van der Waals surface area contributed by atoms with E-state index >= 15 is 0 Å². The van der Waals surface area contributed by atoms with Crippen molar-refractivity contribution in [1.82, 2.24) is 5.32 Å². The zero-order valence-corrected chi connectivity index (χ0v) is 14.1. The molecule has 126 valence electrons. The van der Waals surface area contributed by atoms with E-state index in [-0.39, 0.29) is 5.91 Å². The summed E-state index contributed by atoms with van der Waals surface area (Å²) in [6.07, 6.45) is 2.50. The van der Waals surface area contributed by atoms with Crippen LogP contribution in [0.15, 0.2) is 48.5 Å². The number of benzene rings is 2. The minimum atomic E-state index is 0.0713. The Bertz CT molecular complexity index is 682. The van der Waals surface area contributed by atoms with Gasteiger partial charge in [-0.05, 0) is 42.2 Å². The van der Waals surface area contributed by atoms with E-state index in [9.17, 15) is 4.79 Å². The van der Waals surface area contributed by atoms with Gasteiger partial charge in [0.1, 0.15) is 5.75 Å². The molecule has 24 heavy (non-hydrogen) atoms. The molecule has 0 fully saturated rings. The summed E-state index contributed by atoms with van der Waals surface area (Å²) in [6.45, 7) is 2.78. The number of ether oxygens (including phenoxy) is 1. The van der Waals surface area contributed by atoms with Crippen molar-refractivity contribution in [1.29, 1.82) is 0 Å². The van der Waals surface area contributed by atoms with Crippen LogP contribution in [-0.2, 0) is 17.6 Å². The van der Waals surface area contributed by atoms with E-state index in [2.05, 4.69) is 34.5 Å². The number of para-hydroxylation sites is 1. The molecule has 4 heteroatoms. The van der Waals surface area contributed by atoms with E-state index in [0.717, 1.165) is 37.2 Å². The van der Waals surface area contributed by atoms with Gasteiger partial charge in [0.05, 0.1) is 13.5 Å². The van der Waals surface area contributed by atoms with Crippen molar-refractivity contribution in [2.24, 2.45) is 0 Å². The van der Waals surface area contributed by atoms with Crippen LogP contribution in [0.4, 0.5) is 5.69 Å². The van der Waals surface area contributed by atoms with Crippen LogP contribution in [0.3, 0.4) is 0 Å². The van der Waals surface area contributed by atoms with Gasteiger partial charge in [-0.3, -0.25) is 4.79 Å². The highest BCUT2D eigenvalue weighted by Gasteiger charge is 2.17. The van der Waals surface area contributed by atoms with Crippen molar-refractivity contribution >= 4 is 11.6 Å². The van der Waals surface area contributed by atoms with Crippen molar-refractivity contribution in [3.63, 3.8) is 0 Å². The lowest BCUT2D eigenvalue weighted by Gasteiger charge is -2.19. The van der Waals surface area contributed by atoms with E-state index < -0.39 is 0 Å². The maximum absolute atomic E-state index is 12.0. The van der Waals surface area contributed by atoms with E-state index in [0.29, 0.717) is 13.0 Å². The number of nitrogens with one attached hydrogen (secondary N) is 1. The Morgan fingerprint density at radius 2 is 1.96 bits per heavy atom. The monoisotopic (exact) mass is 324 g/mol. The Kier molecular flexibility index (Phi) is 5.36. The zero-order chi connectivity index (χ0) is 16.8. The molecule has 0 unspecified atom stereocenters. The molecule has 0 saturated heterocycles. The van der Waals surface area contributed by atoms with Crippen molar-refractivity contribution < 1.29 is 9.53 Å². The average molecular weight is 324 g/mol. The lowest BCUT2D eigenvalue weighted by atomic mass is 10.1. The Labute approximate surface area is 143 Å². The predicted octanol–water partition coefficient (Wildman–Crippen LogP) is 2.81. The standard InChI is InChI=1S/C20H24N2O2/c1-24-18-9-7-16(8-10-18)15-20(23)21-12-4-13-22-14-11-17-5-2-3-6-19(17)22/h2-3,5-10H,4,11-15H2,1H3,(H,21,23). The molecule has 0 saturated carbocycles. The summed E-state index contributed by atoms with van der Waals surface area (Å²) in [5.41, 5.74) is 3.78. The Morgan fingerprint density at radius 1 is 1.17 bits per heavy atom. The van der Waals surface area contributed by atoms with Gasteiger partial charge in [-0.2, -0.15) is 0 Å². The van der Waals surface area contributed by atoms with E-state index in [1.54, 1.807) is 7.11 Å². The molecule has 0 spiro atoms. The highest BCUT2D eigenvalue weighted by atomic mass is 16.5. The van der Waals surface area contributed by atoms with Crippen LogP contribution in [-0.4, -0.2) is 32.7 Å². The lowest BCUT2D eigenvalue weighted by molar-refractivity contribution is -0.120. The maximum Gasteiger partial charge on any atom is 0.224 e. The molecule has 1 heterocycles. The number of anilines is 1. The number of nitrogens with zero attached hydrogens (tertiary/aromatic N) is 1. The second-order valence-electron chi connectivity index (χ2n) is 6.09. The summed E-state index contributed by atoms with van der Waals surface area (Å²) < 4.78 is 5.12. The molecule has 0 bridgehead atoms.